The molecule has 0 spiro atoms. The summed E-state index contributed by atoms with van der Waals surface area (Å²) >= 11 is 0.810. The number of hydrogen-bond acceptors (Lipinski definition) is 10. The van der Waals surface area contributed by atoms with E-state index in [1.807, 2.05) is 9.80 Å². The summed E-state index contributed by atoms with van der Waals surface area (Å²) < 4.78 is 83.6. The number of alkyl halides is 3. The van der Waals surface area contributed by atoms with E-state index >= 15 is 4.39 Å². The van der Waals surface area contributed by atoms with Gasteiger partial charge in [-0.25, -0.2) is 31.9 Å². The molecule has 16 heteroatoms. The highest BCUT2D eigenvalue weighted by atomic mass is 32.1. The van der Waals surface area contributed by atoms with Crippen molar-refractivity contribution in [3.8, 4) is 23.2 Å². The number of aromatic nitrogens is 3. The Labute approximate surface area is 280 Å². The third-order valence-electron chi connectivity index (χ3n) is 11.0. The molecule has 3 unspecified atom stereocenters. The Hall–Kier alpha value is -4.07. The molecule has 4 aliphatic heterocycles. The number of nitrogens with zero attached hydrogens (tertiary/aromatic N) is 6. The van der Waals surface area contributed by atoms with Gasteiger partial charge in [0.25, 0.3) is 11.5 Å². The van der Waals surface area contributed by atoms with Crippen molar-refractivity contribution in [2.45, 2.75) is 74.3 Å². The van der Waals surface area contributed by atoms with Gasteiger partial charge in [-0.15, -0.1) is 0 Å². The van der Waals surface area contributed by atoms with Crippen LogP contribution in [-0.4, -0.2) is 81.9 Å². The van der Waals surface area contributed by atoms with Crippen LogP contribution in [0.1, 0.15) is 50.1 Å². The molecule has 1 aromatic carbocycles. The van der Waals surface area contributed by atoms with Crippen molar-refractivity contribution < 1.29 is 26.7 Å². The molecule has 5 atom stereocenters. The molecule has 5 fully saturated rings. The van der Waals surface area contributed by atoms with E-state index in [4.69, 9.17) is 10.5 Å². The van der Waals surface area contributed by atoms with Gasteiger partial charge in [0.05, 0.1) is 32.5 Å². The first kappa shape index (κ1) is 30.9. The van der Waals surface area contributed by atoms with Gasteiger partial charge < -0.3 is 20.7 Å². The molecule has 4 saturated heterocycles. The summed E-state index contributed by atoms with van der Waals surface area (Å²) in [5.74, 6) is -5.34. The zero-order valence-corrected chi connectivity index (χ0v) is 26.9. The second-order valence-electron chi connectivity index (χ2n) is 14.0. The van der Waals surface area contributed by atoms with Gasteiger partial charge in [0.2, 0.25) is 5.88 Å². The highest BCUT2D eigenvalue weighted by Crippen LogP contribution is 2.54. The molecule has 0 amide bonds. The molecule has 3 aromatic heterocycles. The van der Waals surface area contributed by atoms with Crippen molar-refractivity contribution >= 4 is 43.3 Å². The number of piperazine rings is 1. The summed E-state index contributed by atoms with van der Waals surface area (Å²) in [6, 6.07) is 2.74. The van der Waals surface area contributed by atoms with Crippen LogP contribution in [0.4, 0.5) is 32.8 Å². The van der Waals surface area contributed by atoms with Gasteiger partial charge >= 0.3 is 0 Å². The number of hydrogen-bond donors (Lipinski definition) is 2. The van der Waals surface area contributed by atoms with E-state index in [1.165, 1.54) is 6.07 Å². The van der Waals surface area contributed by atoms with E-state index in [0.717, 1.165) is 41.2 Å². The largest absolute Gasteiger partial charge is 0.475 e. The topological polar surface area (TPSA) is 125 Å². The number of thiazole rings is 1. The lowest BCUT2D eigenvalue weighted by molar-refractivity contribution is 0.100. The van der Waals surface area contributed by atoms with Gasteiger partial charge in [0.1, 0.15) is 41.8 Å². The first-order valence-corrected chi connectivity index (χ1v) is 17.3. The van der Waals surface area contributed by atoms with Crippen molar-refractivity contribution in [2.75, 3.05) is 43.4 Å². The van der Waals surface area contributed by atoms with Gasteiger partial charge in [0, 0.05) is 50.1 Å². The van der Waals surface area contributed by atoms with E-state index in [9.17, 15) is 27.6 Å². The highest BCUT2D eigenvalue weighted by molar-refractivity contribution is 7.22. The summed E-state index contributed by atoms with van der Waals surface area (Å²) in [6.07, 6.45) is 1.72. The molecule has 4 aromatic rings. The number of nitrogens with one attached hydrogen (secondary N) is 1. The third kappa shape index (κ3) is 4.65. The Morgan fingerprint density at radius 2 is 1.88 bits per heavy atom. The Morgan fingerprint density at radius 1 is 1.12 bits per heavy atom. The molecule has 10 nitrogen and oxygen atoms in total. The minimum absolute atomic E-state index is 0.0105. The zero-order chi connectivity index (χ0) is 34.0. The molecular formula is C33H31F5N8O2S. The van der Waals surface area contributed by atoms with Gasteiger partial charge in [-0.3, -0.25) is 14.3 Å². The minimum atomic E-state index is -3.32. The first-order valence-electron chi connectivity index (χ1n) is 16.5. The number of nitrogen functional groups attached to an aromatic ring is 1. The lowest BCUT2D eigenvalue weighted by atomic mass is 9.95. The lowest BCUT2D eigenvalue weighted by Crippen LogP contribution is -2.51. The lowest BCUT2D eigenvalue weighted by Gasteiger charge is -2.36. The fraction of sp³-hybridized carbons (Fsp3) is 0.515. The van der Waals surface area contributed by atoms with Crippen LogP contribution >= 0.6 is 11.3 Å². The maximum absolute atomic E-state index is 17.4. The SMILES string of the molecule is N#Cc1c(OC[C@@]23CCCN2C[C@H](F)C3)nc2c(F)c(-c3ccc(F)c4sc(N)nc34)n(C3CC3(F)F)c(=O)c2c1N1CC2CCC(C1)N2. The Bertz CT molecular complexity index is 2160. The molecule has 1 aliphatic carbocycles. The van der Waals surface area contributed by atoms with Crippen LogP contribution < -0.4 is 26.2 Å². The van der Waals surface area contributed by atoms with Crippen LogP contribution in [0.2, 0.25) is 0 Å². The molecule has 7 heterocycles. The summed E-state index contributed by atoms with van der Waals surface area (Å²) in [4.78, 5) is 27.2. The Morgan fingerprint density at radius 3 is 2.59 bits per heavy atom. The quantitative estimate of drug-likeness (QED) is 0.271. The minimum Gasteiger partial charge on any atom is -0.475 e. The number of nitriles is 1. The van der Waals surface area contributed by atoms with Crippen LogP contribution in [0.3, 0.4) is 0 Å². The molecule has 1 saturated carbocycles. The van der Waals surface area contributed by atoms with Crippen LogP contribution in [0.15, 0.2) is 16.9 Å². The molecule has 0 radical (unpaired) electrons. The molecule has 5 aliphatic rings. The second-order valence-corrected chi connectivity index (χ2v) is 15.1. The second kappa shape index (κ2) is 10.7. The molecule has 9 rings (SSSR count). The monoisotopic (exact) mass is 698 g/mol. The van der Waals surface area contributed by atoms with Gasteiger partial charge in [-0.2, -0.15) is 5.26 Å². The maximum Gasteiger partial charge on any atom is 0.270 e. The number of halogens is 5. The van der Waals surface area contributed by atoms with E-state index in [-0.39, 0.29) is 75.1 Å². The van der Waals surface area contributed by atoms with Crippen molar-refractivity contribution in [2.24, 2.45) is 0 Å². The van der Waals surface area contributed by atoms with Crippen molar-refractivity contribution in [1.29, 1.82) is 5.26 Å². The predicted octanol–water partition coefficient (Wildman–Crippen LogP) is 4.88. The summed E-state index contributed by atoms with van der Waals surface area (Å²) in [5.41, 5.74) is 3.11. The summed E-state index contributed by atoms with van der Waals surface area (Å²) in [7, 11) is 0. The van der Waals surface area contributed by atoms with Gasteiger partial charge in [-0.05, 0) is 44.4 Å². The van der Waals surface area contributed by atoms with E-state index in [1.54, 1.807) is 0 Å². The third-order valence-corrected chi connectivity index (χ3v) is 11.9. The van der Waals surface area contributed by atoms with E-state index < -0.39 is 58.5 Å². The number of rotatable bonds is 6. The Kier molecular flexibility index (Phi) is 6.77. The number of fused-ring (bicyclic) bond motifs is 5. The number of benzene rings is 1. The van der Waals surface area contributed by atoms with Crippen molar-refractivity contribution in [1.82, 2.24) is 24.8 Å². The fourth-order valence-electron chi connectivity index (χ4n) is 8.71. The van der Waals surface area contributed by atoms with E-state index in [2.05, 4.69) is 21.4 Å². The fourth-order valence-corrected chi connectivity index (χ4v) is 9.48. The summed E-state index contributed by atoms with van der Waals surface area (Å²) in [6.45, 7) is 1.72. The van der Waals surface area contributed by atoms with Crippen molar-refractivity contribution in [3.63, 3.8) is 0 Å². The van der Waals surface area contributed by atoms with Crippen molar-refractivity contribution in [3.05, 3.63) is 39.7 Å². The van der Waals surface area contributed by atoms with Crippen LogP contribution in [0.25, 0.3) is 32.4 Å². The normalized spacial score (nSPS) is 28.8. The maximum atomic E-state index is 17.4. The van der Waals surface area contributed by atoms with Crippen LogP contribution in [0, 0.1) is 23.0 Å². The highest BCUT2D eigenvalue weighted by Gasteiger charge is 2.60. The van der Waals surface area contributed by atoms with Crippen LogP contribution in [-0.2, 0) is 0 Å². The average Bonchev–Trinajstić information content (AvgIpc) is 3.50. The van der Waals surface area contributed by atoms with Crippen LogP contribution in [0.5, 0.6) is 5.88 Å². The van der Waals surface area contributed by atoms with E-state index in [0.29, 0.717) is 26.1 Å². The molecule has 49 heavy (non-hydrogen) atoms. The number of anilines is 2. The number of pyridine rings is 2. The molecule has 3 N–H and O–H groups in total. The van der Waals surface area contributed by atoms with Gasteiger partial charge in [-0.1, -0.05) is 11.3 Å². The average molecular weight is 699 g/mol. The number of nitrogens with two attached hydrogens (primary N) is 1. The van der Waals surface area contributed by atoms with Gasteiger partial charge in [0.15, 0.2) is 10.9 Å². The molecule has 2 bridgehead atoms. The smallest absolute Gasteiger partial charge is 0.270 e. The zero-order valence-electron chi connectivity index (χ0n) is 26.1. The Balaban J connectivity index is 1.31. The summed E-state index contributed by atoms with van der Waals surface area (Å²) in [5, 5.41) is 13.8. The predicted molar refractivity (Wildman–Crippen MR) is 173 cm³/mol. The first-order chi connectivity index (χ1) is 23.5. The standard InChI is InChI=1S/C33H31F5N8O2S/c34-15-8-32(6-1-7-45(32)11-15)14-48-29-19(10-39)26(44-12-16-2-3-17(13-44)41-16)22-25(42-29)23(36)27(46(30(22)47)21-9-33(21,37)38)18-4-5-20(35)28-24(18)43-31(40)49-28/h4-5,15-17,21,41H,1-3,6-9,11-14H2,(H2,40,43)/t15-,16?,17?,21?,32+/m1/s1. The molecular weight excluding hydrogens is 667 g/mol. The molecule has 256 valence electrons. The number of ether oxygens (including phenoxy) is 1.